The van der Waals surface area contributed by atoms with E-state index in [1.165, 1.54) is 0 Å². The number of hydrogen-bond acceptors (Lipinski definition) is 4. The quantitative estimate of drug-likeness (QED) is 0.884. The minimum absolute atomic E-state index is 0. The van der Waals surface area contributed by atoms with Gasteiger partial charge in [-0.05, 0) is 42.7 Å². The molecule has 0 radical (unpaired) electrons. The summed E-state index contributed by atoms with van der Waals surface area (Å²) in [7, 11) is 0. The van der Waals surface area contributed by atoms with Crippen LogP contribution in [0, 0.1) is 11.3 Å². The fourth-order valence-corrected chi connectivity index (χ4v) is 3.22. The molecule has 2 aromatic rings. The highest BCUT2D eigenvalue weighted by Crippen LogP contribution is 2.34. The van der Waals surface area contributed by atoms with Gasteiger partial charge in [0.05, 0.1) is 11.5 Å². The van der Waals surface area contributed by atoms with Crippen LogP contribution in [-0.2, 0) is 5.41 Å². The third kappa shape index (κ3) is 4.66. The SMILES string of the molecule is Cl.N#CC1(c2ccccc2)CCN(CCOc2ccc(O)cc2)CC1. The Balaban J connectivity index is 0.00000225. The third-order valence-electron chi connectivity index (χ3n) is 4.76. The molecule has 2 aromatic carbocycles. The van der Waals surface area contributed by atoms with Crippen molar-refractivity contribution in [2.24, 2.45) is 0 Å². The van der Waals surface area contributed by atoms with Crippen molar-refractivity contribution >= 4 is 12.4 Å². The Bertz CT molecular complexity index is 690. The topological polar surface area (TPSA) is 56.5 Å². The van der Waals surface area contributed by atoms with E-state index in [-0.39, 0.29) is 23.6 Å². The van der Waals surface area contributed by atoms with Crippen molar-refractivity contribution in [2.75, 3.05) is 26.2 Å². The number of rotatable bonds is 5. The summed E-state index contributed by atoms with van der Waals surface area (Å²) < 4.78 is 5.71. The normalized spacial score (nSPS) is 16.4. The standard InChI is InChI=1S/C20H22N2O2.ClH/c21-16-20(17-4-2-1-3-5-17)10-12-22(13-11-20)14-15-24-19-8-6-18(23)7-9-19;/h1-9,23H,10-15H2;1H. The molecule has 3 rings (SSSR count). The van der Waals surface area contributed by atoms with Crippen LogP contribution in [0.15, 0.2) is 54.6 Å². The van der Waals surface area contributed by atoms with E-state index >= 15 is 0 Å². The van der Waals surface area contributed by atoms with Gasteiger partial charge >= 0.3 is 0 Å². The summed E-state index contributed by atoms with van der Waals surface area (Å²) in [6.45, 7) is 3.26. The fourth-order valence-electron chi connectivity index (χ4n) is 3.22. The number of nitrogens with zero attached hydrogens (tertiary/aromatic N) is 2. The van der Waals surface area contributed by atoms with E-state index in [4.69, 9.17) is 4.74 Å². The molecule has 0 saturated carbocycles. The number of benzene rings is 2. The monoisotopic (exact) mass is 358 g/mol. The summed E-state index contributed by atoms with van der Waals surface area (Å²) in [5.74, 6) is 1.01. The van der Waals surface area contributed by atoms with Crippen LogP contribution >= 0.6 is 12.4 Å². The summed E-state index contributed by atoms with van der Waals surface area (Å²) in [6, 6.07) is 19.5. The van der Waals surface area contributed by atoms with E-state index in [0.717, 1.165) is 43.8 Å². The van der Waals surface area contributed by atoms with Crippen LogP contribution in [0.1, 0.15) is 18.4 Å². The molecule has 0 atom stereocenters. The molecule has 0 bridgehead atoms. The molecule has 1 fully saturated rings. The lowest BCUT2D eigenvalue weighted by Gasteiger charge is -2.37. The van der Waals surface area contributed by atoms with Gasteiger partial charge < -0.3 is 9.84 Å². The fraction of sp³-hybridized carbons (Fsp3) is 0.350. The second kappa shape index (κ2) is 8.75. The molecule has 0 amide bonds. The van der Waals surface area contributed by atoms with Crippen molar-refractivity contribution in [3.8, 4) is 17.6 Å². The van der Waals surface area contributed by atoms with Crippen LogP contribution in [0.3, 0.4) is 0 Å². The Labute approximate surface area is 155 Å². The van der Waals surface area contributed by atoms with Crippen LogP contribution in [0.5, 0.6) is 11.5 Å². The van der Waals surface area contributed by atoms with Crippen LogP contribution < -0.4 is 4.74 Å². The molecular weight excluding hydrogens is 336 g/mol. The summed E-state index contributed by atoms with van der Waals surface area (Å²) >= 11 is 0. The number of ether oxygens (including phenoxy) is 1. The number of likely N-dealkylation sites (tertiary alicyclic amines) is 1. The zero-order valence-corrected chi connectivity index (χ0v) is 14.9. The molecule has 1 saturated heterocycles. The highest BCUT2D eigenvalue weighted by molar-refractivity contribution is 5.85. The van der Waals surface area contributed by atoms with Crippen LogP contribution in [0.25, 0.3) is 0 Å². The van der Waals surface area contributed by atoms with Gasteiger partial charge in [-0.2, -0.15) is 5.26 Å². The smallest absolute Gasteiger partial charge is 0.119 e. The predicted molar refractivity (Wildman–Crippen MR) is 100 cm³/mol. The Hall–Kier alpha value is -2.22. The molecule has 0 aromatic heterocycles. The highest BCUT2D eigenvalue weighted by Gasteiger charge is 2.36. The Kier molecular flexibility index (Phi) is 6.69. The van der Waals surface area contributed by atoms with E-state index in [1.807, 2.05) is 18.2 Å². The maximum atomic E-state index is 9.71. The molecule has 5 heteroatoms. The Morgan fingerprint density at radius 1 is 1.04 bits per heavy atom. The molecule has 1 N–H and O–H groups in total. The largest absolute Gasteiger partial charge is 0.508 e. The van der Waals surface area contributed by atoms with Gasteiger partial charge in [0, 0.05) is 19.6 Å². The molecule has 132 valence electrons. The first-order valence-corrected chi connectivity index (χ1v) is 8.33. The van der Waals surface area contributed by atoms with E-state index in [0.29, 0.717) is 6.61 Å². The lowest BCUT2D eigenvalue weighted by atomic mass is 9.74. The molecule has 1 heterocycles. The summed E-state index contributed by atoms with van der Waals surface area (Å²) in [5.41, 5.74) is 0.780. The minimum atomic E-state index is -0.352. The van der Waals surface area contributed by atoms with E-state index in [2.05, 4.69) is 23.1 Å². The zero-order chi connectivity index (χ0) is 16.8. The Morgan fingerprint density at radius 3 is 2.28 bits per heavy atom. The van der Waals surface area contributed by atoms with Gasteiger partial charge in [0.15, 0.2) is 0 Å². The van der Waals surface area contributed by atoms with Gasteiger partial charge in [-0.3, -0.25) is 4.90 Å². The third-order valence-corrected chi connectivity index (χ3v) is 4.76. The second-order valence-electron chi connectivity index (χ2n) is 6.24. The summed E-state index contributed by atoms with van der Waals surface area (Å²) in [4.78, 5) is 2.35. The molecule has 1 aliphatic heterocycles. The maximum Gasteiger partial charge on any atom is 0.119 e. The van der Waals surface area contributed by atoms with E-state index in [1.54, 1.807) is 24.3 Å². The van der Waals surface area contributed by atoms with Crippen LogP contribution in [0.2, 0.25) is 0 Å². The van der Waals surface area contributed by atoms with E-state index in [9.17, 15) is 10.4 Å². The van der Waals surface area contributed by atoms with Gasteiger partial charge in [-0.1, -0.05) is 30.3 Å². The van der Waals surface area contributed by atoms with Crippen molar-refractivity contribution in [3.05, 3.63) is 60.2 Å². The second-order valence-corrected chi connectivity index (χ2v) is 6.24. The number of nitriles is 1. The Morgan fingerprint density at radius 2 is 1.68 bits per heavy atom. The van der Waals surface area contributed by atoms with Crippen molar-refractivity contribution < 1.29 is 9.84 Å². The summed E-state index contributed by atoms with van der Waals surface area (Å²) in [6.07, 6.45) is 1.71. The van der Waals surface area contributed by atoms with Crippen molar-refractivity contribution in [3.63, 3.8) is 0 Å². The zero-order valence-electron chi connectivity index (χ0n) is 14.1. The van der Waals surface area contributed by atoms with Gasteiger partial charge in [-0.15, -0.1) is 12.4 Å². The number of halogens is 1. The van der Waals surface area contributed by atoms with Crippen molar-refractivity contribution in [1.82, 2.24) is 4.90 Å². The van der Waals surface area contributed by atoms with Crippen molar-refractivity contribution in [1.29, 1.82) is 5.26 Å². The maximum absolute atomic E-state index is 9.71. The van der Waals surface area contributed by atoms with Crippen LogP contribution in [0.4, 0.5) is 0 Å². The van der Waals surface area contributed by atoms with Crippen molar-refractivity contribution in [2.45, 2.75) is 18.3 Å². The highest BCUT2D eigenvalue weighted by atomic mass is 35.5. The molecule has 0 unspecified atom stereocenters. The molecule has 4 nitrogen and oxygen atoms in total. The first kappa shape index (κ1) is 19.1. The average molecular weight is 359 g/mol. The van der Waals surface area contributed by atoms with Gasteiger partial charge in [0.2, 0.25) is 0 Å². The number of piperidine rings is 1. The van der Waals surface area contributed by atoms with Gasteiger partial charge in [0.25, 0.3) is 0 Å². The average Bonchev–Trinajstić information content (AvgIpc) is 2.65. The number of aromatic hydroxyl groups is 1. The first-order valence-electron chi connectivity index (χ1n) is 8.33. The molecule has 1 aliphatic rings. The van der Waals surface area contributed by atoms with E-state index < -0.39 is 0 Å². The van der Waals surface area contributed by atoms with Gasteiger partial charge in [-0.25, -0.2) is 0 Å². The predicted octanol–water partition coefficient (Wildman–Crippen LogP) is 3.75. The lowest BCUT2D eigenvalue weighted by molar-refractivity contribution is 0.156. The molecule has 0 spiro atoms. The van der Waals surface area contributed by atoms with Gasteiger partial charge in [0.1, 0.15) is 18.1 Å². The number of phenolic OH excluding ortho intramolecular Hbond substituents is 1. The summed E-state index contributed by atoms with van der Waals surface area (Å²) in [5, 5.41) is 19.0. The first-order chi connectivity index (χ1) is 11.7. The molecular formula is C20H23ClN2O2. The lowest BCUT2D eigenvalue weighted by Crippen LogP contribution is -2.43. The van der Waals surface area contributed by atoms with Crippen LogP contribution in [-0.4, -0.2) is 36.2 Å². The molecule has 0 aliphatic carbocycles. The molecule has 25 heavy (non-hydrogen) atoms. The minimum Gasteiger partial charge on any atom is -0.508 e. The number of phenols is 1. The number of hydrogen-bond donors (Lipinski definition) is 1.